The summed E-state index contributed by atoms with van der Waals surface area (Å²) in [5, 5.41) is 2.93. The zero-order valence-corrected chi connectivity index (χ0v) is 13.6. The first-order valence-electron chi connectivity index (χ1n) is 8.44. The molecule has 24 heavy (non-hydrogen) atoms. The molecule has 1 N–H and O–H groups in total. The molecule has 1 unspecified atom stereocenters. The van der Waals surface area contributed by atoms with Gasteiger partial charge in [-0.3, -0.25) is 9.69 Å². The highest BCUT2D eigenvalue weighted by Gasteiger charge is 2.52. The molecule has 4 rings (SSSR count). The Morgan fingerprint density at radius 1 is 1.33 bits per heavy atom. The van der Waals surface area contributed by atoms with Gasteiger partial charge in [-0.05, 0) is 37.0 Å². The zero-order chi connectivity index (χ0) is 16.4. The summed E-state index contributed by atoms with van der Waals surface area (Å²) in [6.07, 6.45) is 7.02. The molecule has 2 aliphatic heterocycles. The first-order chi connectivity index (χ1) is 11.8. The molecule has 6 nitrogen and oxygen atoms in total. The highest BCUT2D eigenvalue weighted by molar-refractivity contribution is 5.91. The van der Waals surface area contributed by atoms with Crippen molar-refractivity contribution in [2.24, 2.45) is 5.92 Å². The van der Waals surface area contributed by atoms with Gasteiger partial charge in [0.1, 0.15) is 0 Å². The topological polar surface area (TPSA) is 67.8 Å². The third-order valence-electron chi connectivity index (χ3n) is 5.09. The molecule has 6 heteroatoms. The minimum absolute atomic E-state index is 0.0286. The molecular weight excluding hydrogens is 308 g/mol. The van der Waals surface area contributed by atoms with Crippen molar-refractivity contribution in [1.82, 2.24) is 10.2 Å². The van der Waals surface area contributed by atoms with Crippen molar-refractivity contribution in [1.29, 1.82) is 0 Å². The maximum absolute atomic E-state index is 11.9. The van der Waals surface area contributed by atoms with Gasteiger partial charge in [-0.15, -0.1) is 0 Å². The number of likely N-dealkylation sites (tertiary alicyclic amines) is 1. The van der Waals surface area contributed by atoms with Crippen LogP contribution in [0.3, 0.4) is 0 Å². The molecule has 128 valence electrons. The molecule has 0 radical (unpaired) electrons. The van der Waals surface area contributed by atoms with Gasteiger partial charge >= 0.3 is 0 Å². The molecule has 4 heterocycles. The van der Waals surface area contributed by atoms with Crippen molar-refractivity contribution in [3.8, 4) is 0 Å². The third kappa shape index (κ3) is 2.99. The van der Waals surface area contributed by atoms with Crippen LogP contribution in [0.15, 0.2) is 45.8 Å². The summed E-state index contributed by atoms with van der Waals surface area (Å²) in [7, 11) is 0. The van der Waals surface area contributed by atoms with Crippen LogP contribution in [0.25, 0.3) is 0 Å². The fourth-order valence-electron chi connectivity index (χ4n) is 3.86. The molecule has 2 fully saturated rings. The Balaban J connectivity index is 1.25. The molecule has 0 aromatic carbocycles. The van der Waals surface area contributed by atoms with Crippen LogP contribution in [0.1, 0.15) is 29.0 Å². The average Bonchev–Trinajstić information content (AvgIpc) is 3.28. The monoisotopic (exact) mass is 330 g/mol. The third-order valence-corrected chi connectivity index (χ3v) is 5.09. The molecular formula is C18H22N2O4. The van der Waals surface area contributed by atoms with E-state index >= 15 is 0 Å². The minimum Gasteiger partial charge on any atom is -0.472 e. The van der Waals surface area contributed by atoms with Gasteiger partial charge < -0.3 is 18.9 Å². The number of carbonyl (C=O) groups is 1. The van der Waals surface area contributed by atoms with E-state index in [-0.39, 0.29) is 11.5 Å². The van der Waals surface area contributed by atoms with Gasteiger partial charge in [-0.2, -0.15) is 0 Å². The van der Waals surface area contributed by atoms with Crippen LogP contribution in [0.4, 0.5) is 0 Å². The molecule has 2 aliphatic rings. The van der Waals surface area contributed by atoms with Gasteiger partial charge in [0, 0.05) is 38.3 Å². The lowest BCUT2D eigenvalue weighted by Gasteiger charge is -2.50. The van der Waals surface area contributed by atoms with Gasteiger partial charge in [-0.1, -0.05) is 0 Å². The molecule has 1 atom stereocenters. The Kier molecular flexibility index (Phi) is 4.16. The molecule has 0 saturated carbocycles. The maximum atomic E-state index is 11.9. The Morgan fingerprint density at radius 2 is 2.25 bits per heavy atom. The van der Waals surface area contributed by atoms with E-state index in [9.17, 15) is 4.79 Å². The summed E-state index contributed by atoms with van der Waals surface area (Å²) in [5.41, 5.74) is 1.17. The van der Waals surface area contributed by atoms with Crippen molar-refractivity contribution in [2.75, 3.05) is 26.2 Å². The summed E-state index contributed by atoms with van der Waals surface area (Å²) in [4.78, 5) is 14.3. The van der Waals surface area contributed by atoms with Gasteiger partial charge in [0.25, 0.3) is 5.91 Å². The van der Waals surface area contributed by atoms with Gasteiger partial charge in [0.2, 0.25) is 0 Å². The van der Waals surface area contributed by atoms with Crippen LogP contribution in [-0.2, 0) is 11.3 Å². The van der Waals surface area contributed by atoms with Crippen LogP contribution in [0.5, 0.6) is 0 Å². The molecule has 1 spiro atoms. The van der Waals surface area contributed by atoms with Crippen molar-refractivity contribution < 1.29 is 18.4 Å². The fourth-order valence-corrected chi connectivity index (χ4v) is 3.86. The normalized spacial score (nSPS) is 22.6. The number of amides is 1. The van der Waals surface area contributed by atoms with Crippen LogP contribution in [0, 0.1) is 5.92 Å². The van der Waals surface area contributed by atoms with Gasteiger partial charge in [0.15, 0.2) is 5.76 Å². The summed E-state index contributed by atoms with van der Waals surface area (Å²) in [5.74, 6) is 0.709. The Labute approximate surface area is 140 Å². The van der Waals surface area contributed by atoms with E-state index in [0.717, 1.165) is 39.1 Å². The van der Waals surface area contributed by atoms with E-state index in [1.54, 1.807) is 24.7 Å². The smallest absolute Gasteiger partial charge is 0.286 e. The van der Waals surface area contributed by atoms with E-state index in [1.807, 2.05) is 6.07 Å². The van der Waals surface area contributed by atoms with E-state index in [4.69, 9.17) is 13.6 Å². The predicted molar refractivity (Wildman–Crippen MR) is 86.4 cm³/mol. The molecule has 2 aromatic heterocycles. The van der Waals surface area contributed by atoms with Crippen LogP contribution < -0.4 is 5.32 Å². The second-order valence-electron chi connectivity index (χ2n) is 6.70. The number of rotatable bonds is 6. The SMILES string of the molecule is O=C(NCCC1CCOC12CN(Cc1ccoc1)C2)c1ccco1. The number of nitrogens with zero attached hydrogens (tertiary/aromatic N) is 1. The number of nitrogens with one attached hydrogen (secondary N) is 1. The lowest BCUT2D eigenvalue weighted by molar-refractivity contribution is -0.136. The van der Waals surface area contributed by atoms with Crippen molar-refractivity contribution in [3.05, 3.63) is 48.3 Å². The number of furan rings is 2. The summed E-state index contributed by atoms with van der Waals surface area (Å²) >= 11 is 0. The molecule has 2 aromatic rings. The maximum Gasteiger partial charge on any atom is 0.286 e. The van der Waals surface area contributed by atoms with E-state index in [2.05, 4.69) is 10.2 Å². The Hall–Kier alpha value is -2.05. The first kappa shape index (κ1) is 15.5. The van der Waals surface area contributed by atoms with Crippen LogP contribution >= 0.6 is 0 Å². The first-order valence-corrected chi connectivity index (χ1v) is 8.44. The summed E-state index contributed by atoms with van der Waals surface area (Å²) in [6, 6.07) is 5.40. The number of carbonyl (C=O) groups excluding carboxylic acids is 1. The molecule has 0 aliphatic carbocycles. The standard InChI is InChI=1S/C18H22N2O4/c21-17(16-2-1-7-23-16)19-6-3-15-5-9-24-18(15)12-20(13-18)10-14-4-8-22-11-14/h1-2,4,7-8,11,15H,3,5-6,9-10,12-13H2,(H,19,21). The predicted octanol–water partition coefficient (Wildman–Crippen LogP) is 2.28. The highest BCUT2D eigenvalue weighted by Crippen LogP contribution is 2.42. The quantitative estimate of drug-likeness (QED) is 0.880. The lowest BCUT2D eigenvalue weighted by Crippen LogP contribution is -2.64. The number of hydrogen-bond donors (Lipinski definition) is 1. The molecule has 0 bridgehead atoms. The fraction of sp³-hybridized carbons (Fsp3) is 0.500. The molecule has 1 amide bonds. The summed E-state index contributed by atoms with van der Waals surface area (Å²) < 4.78 is 16.3. The minimum atomic E-state index is -0.150. The average molecular weight is 330 g/mol. The van der Waals surface area contributed by atoms with Crippen molar-refractivity contribution in [3.63, 3.8) is 0 Å². The van der Waals surface area contributed by atoms with Crippen LogP contribution in [0.2, 0.25) is 0 Å². The second kappa shape index (κ2) is 6.45. The molecule has 2 saturated heterocycles. The largest absolute Gasteiger partial charge is 0.472 e. The number of hydrogen-bond acceptors (Lipinski definition) is 5. The van der Waals surface area contributed by atoms with Gasteiger partial charge in [-0.25, -0.2) is 0 Å². The van der Waals surface area contributed by atoms with Crippen molar-refractivity contribution in [2.45, 2.75) is 25.0 Å². The highest BCUT2D eigenvalue weighted by atomic mass is 16.5. The number of ether oxygens (including phenoxy) is 1. The van der Waals surface area contributed by atoms with Crippen LogP contribution in [-0.4, -0.2) is 42.6 Å². The van der Waals surface area contributed by atoms with E-state index < -0.39 is 0 Å². The zero-order valence-electron chi connectivity index (χ0n) is 13.6. The van der Waals surface area contributed by atoms with E-state index in [0.29, 0.717) is 18.2 Å². The second-order valence-corrected chi connectivity index (χ2v) is 6.70. The Morgan fingerprint density at radius 3 is 3.00 bits per heavy atom. The summed E-state index contributed by atoms with van der Waals surface area (Å²) in [6.45, 7) is 4.28. The van der Waals surface area contributed by atoms with E-state index in [1.165, 1.54) is 11.8 Å². The lowest BCUT2D eigenvalue weighted by atomic mass is 9.79. The van der Waals surface area contributed by atoms with Crippen molar-refractivity contribution >= 4 is 5.91 Å². The van der Waals surface area contributed by atoms with Gasteiger partial charge in [0.05, 0.1) is 24.4 Å². The Bertz CT molecular complexity index is 659.